The van der Waals surface area contributed by atoms with Gasteiger partial charge < -0.3 is 19.7 Å². The van der Waals surface area contributed by atoms with Crippen LogP contribution in [0, 0.1) is 0 Å². The molecule has 1 saturated heterocycles. The molecular weight excluding hydrogens is 332 g/mol. The zero-order valence-electron chi connectivity index (χ0n) is 11.6. The van der Waals surface area contributed by atoms with Gasteiger partial charge in [-0.05, 0) is 17.2 Å². The number of nitrogens with zero attached hydrogens (tertiary/aromatic N) is 4. The van der Waals surface area contributed by atoms with E-state index < -0.39 is 35.9 Å². The second kappa shape index (κ2) is 7.01. The number of methoxy groups -OCH3 is 1. The fourth-order valence-electron chi connectivity index (χ4n) is 2.65. The van der Waals surface area contributed by atoms with Crippen molar-refractivity contribution in [2.45, 2.75) is 29.3 Å². The molecule has 0 radical (unpaired) electrons. The second-order valence-corrected chi connectivity index (χ2v) is 5.70. The molecule has 1 fully saturated rings. The van der Waals surface area contributed by atoms with Crippen molar-refractivity contribution in [2.75, 3.05) is 13.7 Å². The van der Waals surface area contributed by atoms with Gasteiger partial charge in [0.05, 0.1) is 11.6 Å². The Bertz CT molecular complexity index is 588. The third-order valence-corrected chi connectivity index (χ3v) is 4.22. The summed E-state index contributed by atoms with van der Waals surface area (Å²) in [7, 11) is 1.38. The van der Waals surface area contributed by atoms with Crippen molar-refractivity contribution >= 4 is 24.2 Å². The van der Waals surface area contributed by atoms with Gasteiger partial charge in [0.25, 0.3) is 0 Å². The van der Waals surface area contributed by atoms with Gasteiger partial charge in [-0.1, -0.05) is 16.7 Å². The first-order chi connectivity index (χ1) is 10.5. The van der Waals surface area contributed by atoms with E-state index in [1.54, 1.807) is 0 Å². The SMILES string of the molecule is CO[C@H]1[C@@H](S)O[C@H](CO)[C@H](O)C1(N=[N+]=[N-])c1cncc(Cl)c1. The third kappa shape index (κ3) is 2.77. The summed E-state index contributed by atoms with van der Waals surface area (Å²) in [5, 5.41) is 24.1. The van der Waals surface area contributed by atoms with Crippen LogP contribution in [0.15, 0.2) is 23.6 Å². The zero-order chi connectivity index (χ0) is 16.3. The Kier molecular flexibility index (Phi) is 5.51. The first-order valence-electron chi connectivity index (χ1n) is 6.33. The molecule has 0 amide bonds. The number of thiol groups is 1. The number of hydrogen-bond acceptors (Lipinski definition) is 7. The van der Waals surface area contributed by atoms with Gasteiger partial charge in [-0.25, -0.2) is 0 Å². The van der Waals surface area contributed by atoms with Crippen molar-refractivity contribution in [3.8, 4) is 0 Å². The van der Waals surface area contributed by atoms with Gasteiger partial charge in [0, 0.05) is 24.4 Å². The first kappa shape index (κ1) is 17.3. The molecule has 1 aliphatic heterocycles. The lowest BCUT2D eigenvalue weighted by Gasteiger charge is -2.49. The molecule has 0 aliphatic carbocycles. The lowest BCUT2D eigenvalue weighted by molar-refractivity contribution is -0.201. The van der Waals surface area contributed by atoms with Crippen LogP contribution >= 0.6 is 24.2 Å². The zero-order valence-corrected chi connectivity index (χ0v) is 13.2. The van der Waals surface area contributed by atoms with E-state index >= 15 is 0 Å². The number of rotatable bonds is 4. The Balaban J connectivity index is 2.68. The number of halogens is 1. The molecule has 0 spiro atoms. The van der Waals surface area contributed by atoms with Crippen LogP contribution in [0.25, 0.3) is 10.4 Å². The lowest BCUT2D eigenvalue weighted by Crippen LogP contribution is -2.63. The highest BCUT2D eigenvalue weighted by molar-refractivity contribution is 7.80. The maximum absolute atomic E-state index is 10.6. The quantitative estimate of drug-likeness (QED) is 0.328. The van der Waals surface area contributed by atoms with Gasteiger partial charge >= 0.3 is 0 Å². The highest BCUT2D eigenvalue weighted by Gasteiger charge is 2.57. The Morgan fingerprint density at radius 1 is 1.64 bits per heavy atom. The van der Waals surface area contributed by atoms with Crippen molar-refractivity contribution in [2.24, 2.45) is 5.11 Å². The summed E-state index contributed by atoms with van der Waals surface area (Å²) >= 11 is 10.2. The number of ether oxygens (including phenoxy) is 2. The minimum Gasteiger partial charge on any atom is -0.394 e. The van der Waals surface area contributed by atoms with E-state index in [0.29, 0.717) is 10.6 Å². The molecule has 2 N–H and O–H groups in total. The van der Waals surface area contributed by atoms with Crippen LogP contribution in [0.5, 0.6) is 0 Å². The van der Waals surface area contributed by atoms with Gasteiger partial charge in [-0.2, -0.15) is 0 Å². The van der Waals surface area contributed by atoms with Crippen LogP contribution in [0.2, 0.25) is 5.02 Å². The summed E-state index contributed by atoms with van der Waals surface area (Å²) in [5.74, 6) is 0. The van der Waals surface area contributed by atoms with Crippen molar-refractivity contribution in [3.63, 3.8) is 0 Å². The summed E-state index contributed by atoms with van der Waals surface area (Å²) in [5.41, 5.74) is 6.92. The van der Waals surface area contributed by atoms with Crippen LogP contribution in [0.3, 0.4) is 0 Å². The maximum atomic E-state index is 10.6. The van der Waals surface area contributed by atoms with Crippen molar-refractivity contribution in [1.82, 2.24) is 4.98 Å². The summed E-state index contributed by atoms with van der Waals surface area (Å²) in [6.45, 7) is -0.481. The third-order valence-electron chi connectivity index (χ3n) is 3.62. The van der Waals surface area contributed by atoms with Crippen LogP contribution in [-0.4, -0.2) is 52.7 Å². The fourth-order valence-corrected chi connectivity index (χ4v) is 3.33. The van der Waals surface area contributed by atoms with Gasteiger partial charge in [-0.15, -0.1) is 12.6 Å². The summed E-state index contributed by atoms with van der Waals surface area (Å²) in [6, 6.07) is 1.51. The topological polar surface area (TPSA) is 121 Å². The van der Waals surface area contributed by atoms with Crippen molar-refractivity contribution < 1.29 is 19.7 Å². The average molecular weight is 347 g/mol. The van der Waals surface area contributed by atoms with Gasteiger partial charge in [0.2, 0.25) is 0 Å². The Labute approximate surface area is 137 Å². The maximum Gasteiger partial charge on any atom is 0.133 e. The van der Waals surface area contributed by atoms with Gasteiger partial charge in [0.15, 0.2) is 0 Å². The summed E-state index contributed by atoms with van der Waals surface area (Å²) in [6.07, 6.45) is -0.467. The molecule has 8 nitrogen and oxygen atoms in total. The molecular formula is C12H15ClN4O4S. The van der Waals surface area contributed by atoms with Crippen LogP contribution in [-0.2, 0) is 15.0 Å². The standard InChI is InChI=1S/C12H15ClN4O4S/c1-20-10-11(22)21-8(5-18)9(19)12(10,16-17-14)6-2-7(13)4-15-3-6/h2-4,8-11,18-19,22H,5H2,1H3/t8-,9+,10+,11-,12?/m1/s1. The van der Waals surface area contributed by atoms with E-state index in [2.05, 4.69) is 27.6 Å². The van der Waals surface area contributed by atoms with Crippen LogP contribution in [0.1, 0.15) is 5.56 Å². The Morgan fingerprint density at radius 2 is 2.36 bits per heavy atom. The monoisotopic (exact) mass is 346 g/mol. The van der Waals surface area contributed by atoms with E-state index in [-0.39, 0.29) is 0 Å². The second-order valence-electron chi connectivity index (χ2n) is 4.76. The van der Waals surface area contributed by atoms with Crippen LogP contribution < -0.4 is 0 Å². The molecule has 22 heavy (non-hydrogen) atoms. The predicted molar refractivity (Wildman–Crippen MR) is 81.6 cm³/mol. The molecule has 1 aromatic rings. The molecule has 5 atom stereocenters. The molecule has 0 saturated carbocycles. The van der Waals surface area contributed by atoms with Gasteiger partial charge in [0.1, 0.15) is 29.3 Å². The van der Waals surface area contributed by atoms with E-state index in [1.165, 1.54) is 25.6 Å². The van der Waals surface area contributed by atoms with E-state index in [1.807, 2.05) is 0 Å². The largest absolute Gasteiger partial charge is 0.394 e. The lowest BCUT2D eigenvalue weighted by atomic mass is 9.77. The number of pyridine rings is 1. The van der Waals surface area contributed by atoms with E-state index in [9.17, 15) is 10.2 Å². The molecule has 2 rings (SSSR count). The normalized spacial score (nSPS) is 35.0. The van der Waals surface area contributed by atoms with Crippen LogP contribution in [0.4, 0.5) is 0 Å². The molecule has 120 valence electrons. The number of azide groups is 1. The number of hydrogen-bond donors (Lipinski definition) is 3. The number of aromatic nitrogens is 1. The van der Waals surface area contributed by atoms with E-state index in [0.717, 1.165) is 0 Å². The summed E-state index contributed by atoms with van der Waals surface area (Å²) < 4.78 is 10.8. The fraction of sp³-hybridized carbons (Fsp3) is 0.583. The van der Waals surface area contributed by atoms with Crippen molar-refractivity contribution in [3.05, 3.63) is 39.5 Å². The molecule has 1 aromatic heterocycles. The highest BCUT2D eigenvalue weighted by atomic mass is 35.5. The molecule has 1 unspecified atom stereocenters. The molecule has 2 heterocycles. The number of aliphatic hydroxyl groups is 2. The van der Waals surface area contributed by atoms with E-state index in [4.69, 9.17) is 26.6 Å². The summed E-state index contributed by atoms with van der Waals surface area (Å²) in [4.78, 5) is 6.79. The predicted octanol–water partition coefficient (Wildman–Crippen LogP) is 1.26. The molecule has 0 bridgehead atoms. The minimum absolute atomic E-state index is 0.301. The minimum atomic E-state index is -1.58. The van der Waals surface area contributed by atoms with Crippen molar-refractivity contribution in [1.29, 1.82) is 0 Å². The molecule has 10 heteroatoms. The Morgan fingerprint density at radius 3 is 2.91 bits per heavy atom. The Hall–Kier alpha value is -1.06. The molecule has 0 aromatic carbocycles. The van der Waals surface area contributed by atoms with Gasteiger partial charge in [-0.3, -0.25) is 4.98 Å². The molecule has 1 aliphatic rings. The average Bonchev–Trinajstić information content (AvgIpc) is 2.50. The smallest absolute Gasteiger partial charge is 0.133 e. The first-order valence-corrected chi connectivity index (χ1v) is 7.23. The number of aliphatic hydroxyl groups excluding tert-OH is 2. The highest BCUT2D eigenvalue weighted by Crippen LogP contribution is 2.44.